The van der Waals surface area contributed by atoms with Gasteiger partial charge in [-0.2, -0.15) is 0 Å². The summed E-state index contributed by atoms with van der Waals surface area (Å²) in [4.78, 5) is 68.3. The van der Waals surface area contributed by atoms with E-state index in [1.165, 1.54) is 29.3 Å². The Morgan fingerprint density at radius 1 is 1.19 bits per heavy atom. The molecule has 12 nitrogen and oxygen atoms in total. The molecule has 6 rings (SSSR count). The molecule has 16 heteroatoms. The number of esters is 1. The van der Waals surface area contributed by atoms with E-state index >= 15 is 4.39 Å². The maximum atomic E-state index is 15.3. The first kappa shape index (κ1) is 35.0. The molecule has 2 atom stereocenters. The van der Waals surface area contributed by atoms with Gasteiger partial charge in [0.1, 0.15) is 18.0 Å². The van der Waals surface area contributed by atoms with Gasteiger partial charge in [-0.25, -0.2) is 9.18 Å². The minimum absolute atomic E-state index is 0. The zero-order chi connectivity index (χ0) is 32.5. The molecule has 3 aliphatic rings. The van der Waals surface area contributed by atoms with E-state index in [4.69, 9.17) is 4.74 Å². The molecule has 0 bridgehead atoms. The minimum atomic E-state index is -1.42. The van der Waals surface area contributed by atoms with Crippen LogP contribution in [0.25, 0.3) is 10.9 Å². The number of thioether (sulfide) groups is 1. The fraction of sp³-hybridized carbons (Fsp3) is 0.387. The van der Waals surface area contributed by atoms with Gasteiger partial charge in [-0.3, -0.25) is 14.4 Å². The largest absolute Gasteiger partial charge is 1.00 e. The first-order valence-corrected chi connectivity index (χ1v) is 16.7. The van der Waals surface area contributed by atoms with Crippen molar-refractivity contribution in [2.45, 2.75) is 31.3 Å². The van der Waals surface area contributed by atoms with Gasteiger partial charge in [0, 0.05) is 67.1 Å². The molecular formula is C31H31FN5NaO7S2. The fourth-order valence-corrected chi connectivity index (χ4v) is 8.09. The number of carboxylic acids is 1. The molecule has 2 amide bonds. The Balaban J connectivity index is 0.00000433. The molecule has 0 aliphatic carbocycles. The van der Waals surface area contributed by atoms with Crippen LogP contribution in [0.1, 0.15) is 22.2 Å². The number of aryl methyl sites for hydroxylation is 1. The Morgan fingerprint density at radius 3 is 2.62 bits per heavy atom. The number of rotatable bonds is 10. The molecule has 0 spiro atoms. The summed E-state index contributed by atoms with van der Waals surface area (Å²) in [6.45, 7) is 3.86. The monoisotopic (exact) mass is 691 g/mol. The third-order valence-corrected chi connectivity index (χ3v) is 10.8. The van der Waals surface area contributed by atoms with Gasteiger partial charge in [0.15, 0.2) is 0 Å². The van der Waals surface area contributed by atoms with Crippen molar-refractivity contribution in [3.8, 4) is 0 Å². The molecule has 2 aromatic heterocycles. The third kappa shape index (κ3) is 7.09. The Kier molecular flexibility index (Phi) is 11.0. The maximum Gasteiger partial charge on any atom is 1.00 e. The molecule has 1 aromatic carbocycles. The standard InChI is InChI=1S/C31H32FN5O7S2.Na/c1-2-35-13-21(28(40)20-11-22(32)25(12-24(20)35)36-7-5-34(17-38)6-8-36)31(43)44-15-18-16-46-29-23(14-37(29)27(18)30(41)42)33-26(39)10-19-4-3-9-45-19;/h3-4,9,11-13,17,23,29H,2,5-8,10,14-16H2,1H3,(H,33,39)(H,41,42);/q;+1/p-1/t23-,29-;/m1./s1. The number of ether oxygens (including phenoxy) is 1. The van der Waals surface area contributed by atoms with Gasteiger partial charge in [-0.15, -0.1) is 23.1 Å². The first-order valence-electron chi connectivity index (χ1n) is 14.8. The zero-order valence-corrected chi connectivity index (χ0v) is 29.5. The number of hydrogen-bond donors (Lipinski definition) is 1. The molecule has 3 aliphatic heterocycles. The van der Waals surface area contributed by atoms with Crippen molar-refractivity contribution in [1.29, 1.82) is 0 Å². The van der Waals surface area contributed by atoms with Crippen LogP contribution in [0.4, 0.5) is 10.1 Å². The summed E-state index contributed by atoms with van der Waals surface area (Å²) in [6.07, 6.45) is 2.38. The number of fused-ring (bicyclic) bond motifs is 2. The van der Waals surface area contributed by atoms with Gasteiger partial charge in [0.05, 0.1) is 40.7 Å². The molecule has 5 heterocycles. The molecular weight excluding hydrogens is 660 g/mol. The number of carbonyl (C=O) groups is 4. The van der Waals surface area contributed by atoms with Crippen molar-refractivity contribution in [3.63, 3.8) is 0 Å². The normalized spacial score (nSPS) is 19.1. The average Bonchev–Trinajstić information content (AvgIpc) is 3.55. The van der Waals surface area contributed by atoms with Crippen molar-refractivity contribution in [3.05, 3.63) is 73.6 Å². The van der Waals surface area contributed by atoms with Crippen LogP contribution < -0.4 is 50.3 Å². The fourth-order valence-electron chi connectivity index (χ4n) is 6.03. The molecule has 0 radical (unpaired) electrons. The van der Waals surface area contributed by atoms with Crippen LogP contribution in [0.2, 0.25) is 0 Å². The van der Waals surface area contributed by atoms with Crippen LogP contribution in [0, 0.1) is 5.82 Å². The number of nitrogens with zero attached hydrogens (tertiary/aromatic N) is 4. The molecule has 47 heavy (non-hydrogen) atoms. The Labute approximate surface area is 299 Å². The zero-order valence-electron chi connectivity index (χ0n) is 25.9. The second-order valence-electron chi connectivity index (χ2n) is 11.2. The second-order valence-corrected chi connectivity index (χ2v) is 13.3. The van der Waals surface area contributed by atoms with E-state index in [0.29, 0.717) is 49.5 Å². The number of benzene rings is 1. The van der Waals surface area contributed by atoms with Gasteiger partial charge in [0.2, 0.25) is 17.7 Å². The van der Waals surface area contributed by atoms with Crippen molar-refractivity contribution in [2.75, 3.05) is 50.0 Å². The van der Waals surface area contributed by atoms with E-state index in [1.54, 1.807) is 20.4 Å². The number of carboxylic acid groups (broad SMARTS) is 1. The number of nitrogens with one attached hydrogen (secondary N) is 1. The smallest absolute Gasteiger partial charge is 0.543 e. The second kappa shape index (κ2) is 14.8. The number of amides is 2. The number of aliphatic carboxylic acids is 1. The number of piperazine rings is 1. The van der Waals surface area contributed by atoms with E-state index in [0.717, 1.165) is 17.4 Å². The molecule has 0 saturated carbocycles. The summed E-state index contributed by atoms with van der Waals surface area (Å²) in [6, 6.07) is 6.21. The Hall–Kier alpha value is -3.37. The number of hydrogen-bond acceptors (Lipinski definition) is 11. The number of thiophene rings is 1. The van der Waals surface area contributed by atoms with Crippen LogP contribution in [0.5, 0.6) is 0 Å². The SMILES string of the molecule is CCn1cc(C(=O)OCC2=C(C(=O)[O-])N3C[C@@H](NC(=O)Cc4cccs4)[C@H]3SC2)c(=O)c2cc(F)c(N3CCN(C=O)CC3)cc21.[Na+]. The van der Waals surface area contributed by atoms with Gasteiger partial charge < -0.3 is 39.2 Å². The Morgan fingerprint density at radius 2 is 1.96 bits per heavy atom. The van der Waals surface area contributed by atoms with Crippen molar-refractivity contribution in [2.24, 2.45) is 0 Å². The molecule has 1 N–H and O–H groups in total. The van der Waals surface area contributed by atoms with Gasteiger partial charge in [-0.1, -0.05) is 6.07 Å². The minimum Gasteiger partial charge on any atom is -0.543 e. The number of anilines is 1. The van der Waals surface area contributed by atoms with Crippen molar-refractivity contribution in [1.82, 2.24) is 19.7 Å². The van der Waals surface area contributed by atoms with E-state index < -0.39 is 23.2 Å². The third-order valence-electron chi connectivity index (χ3n) is 8.44. The van der Waals surface area contributed by atoms with Crippen molar-refractivity contribution < 1.29 is 63.0 Å². The summed E-state index contributed by atoms with van der Waals surface area (Å²) in [5, 5.41) is 16.7. The van der Waals surface area contributed by atoms with Crippen LogP contribution in [0.15, 0.2) is 51.9 Å². The van der Waals surface area contributed by atoms with Gasteiger partial charge in [0.25, 0.3) is 0 Å². The summed E-state index contributed by atoms with van der Waals surface area (Å²) in [7, 11) is 0. The average molecular weight is 692 g/mol. The van der Waals surface area contributed by atoms with Crippen LogP contribution >= 0.6 is 23.1 Å². The molecule has 3 aromatic rings. The predicted octanol–water partition coefficient (Wildman–Crippen LogP) is -2.22. The topological polar surface area (TPSA) is 144 Å². The van der Waals surface area contributed by atoms with E-state index in [1.807, 2.05) is 29.3 Å². The molecule has 2 saturated heterocycles. The number of aromatic nitrogens is 1. The van der Waals surface area contributed by atoms with Gasteiger partial charge >= 0.3 is 35.5 Å². The summed E-state index contributed by atoms with van der Waals surface area (Å²) in [5.74, 6) is -2.92. The summed E-state index contributed by atoms with van der Waals surface area (Å²) >= 11 is 2.90. The summed E-state index contributed by atoms with van der Waals surface area (Å²) in [5.41, 5.74) is -0.00864. The summed E-state index contributed by atoms with van der Waals surface area (Å²) < 4.78 is 22.4. The van der Waals surface area contributed by atoms with E-state index in [-0.39, 0.29) is 88.9 Å². The Bertz CT molecular complexity index is 1790. The number of pyridine rings is 1. The maximum absolute atomic E-state index is 15.3. The number of halogens is 1. The van der Waals surface area contributed by atoms with Crippen molar-refractivity contribution >= 4 is 63.9 Å². The molecule has 242 valence electrons. The van der Waals surface area contributed by atoms with Crippen LogP contribution in [-0.2, 0) is 32.1 Å². The van der Waals surface area contributed by atoms with Gasteiger partial charge in [-0.05, 0) is 30.5 Å². The van der Waals surface area contributed by atoms with Crippen LogP contribution in [0.3, 0.4) is 0 Å². The van der Waals surface area contributed by atoms with Crippen LogP contribution in [-0.4, -0.2) is 95.1 Å². The molecule has 0 unspecified atom stereocenters. The number of carbonyl (C=O) groups excluding carboxylic acids is 4. The van der Waals surface area contributed by atoms with E-state index in [9.17, 15) is 29.1 Å². The molecule has 2 fully saturated rings. The van der Waals surface area contributed by atoms with E-state index in [2.05, 4.69) is 5.32 Å². The predicted molar refractivity (Wildman–Crippen MR) is 169 cm³/mol. The first-order chi connectivity index (χ1) is 22.2. The quantitative estimate of drug-likeness (QED) is 0.141.